The Bertz CT molecular complexity index is 960. The average Bonchev–Trinajstić information content (AvgIpc) is 3.36. The van der Waals surface area contributed by atoms with Crippen molar-refractivity contribution in [3.05, 3.63) is 46.8 Å². The number of hydrogen-bond acceptors (Lipinski definition) is 4. The van der Waals surface area contributed by atoms with Crippen LogP contribution in [0.2, 0.25) is 0 Å². The Labute approximate surface area is 176 Å². The first-order valence-electron chi connectivity index (χ1n) is 10.1. The summed E-state index contributed by atoms with van der Waals surface area (Å²) >= 11 is 1.62. The van der Waals surface area contributed by atoms with Gasteiger partial charge in [-0.2, -0.15) is 5.10 Å². The van der Waals surface area contributed by atoms with Crippen LogP contribution in [0.25, 0.3) is 5.69 Å². The topological polar surface area (TPSA) is 67.2 Å². The molecule has 0 spiro atoms. The standard InChI is InChI=1S/C22H28N4O2S/c1-14-8-5-6-10-16(14)26-17-11-7-9-15(17)19(24-26)21(28)25-13-29-12-18(25)20(27)23-22(2,3)4/h5-6,8,10,18H,7,9,11-13H2,1-4H3,(H,23,27). The lowest BCUT2D eigenvalue weighted by Gasteiger charge is -2.27. The van der Waals surface area contributed by atoms with E-state index in [0.717, 1.165) is 41.8 Å². The SMILES string of the molecule is Cc1ccccc1-n1nc(C(=O)N2CSCC2C(=O)NC(C)(C)C)c2c1CCC2. The van der Waals surface area contributed by atoms with E-state index in [2.05, 4.69) is 18.3 Å². The molecule has 1 aliphatic heterocycles. The van der Waals surface area contributed by atoms with E-state index in [0.29, 0.717) is 17.3 Å². The van der Waals surface area contributed by atoms with Crippen LogP contribution in [0.3, 0.4) is 0 Å². The molecule has 1 atom stereocenters. The lowest BCUT2D eigenvalue weighted by Crippen LogP contribution is -2.52. The predicted octanol–water partition coefficient (Wildman–Crippen LogP) is 3.10. The predicted molar refractivity (Wildman–Crippen MR) is 116 cm³/mol. The van der Waals surface area contributed by atoms with Crippen LogP contribution in [0, 0.1) is 6.92 Å². The molecule has 29 heavy (non-hydrogen) atoms. The number of para-hydroxylation sites is 1. The molecule has 0 radical (unpaired) electrons. The highest BCUT2D eigenvalue weighted by Gasteiger charge is 2.39. The molecule has 1 aromatic heterocycles. The zero-order valence-corrected chi connectivity index (χ0v) is 18.3. The van der Waals surface area contributed by atoms with Gasteiger partial charge in [-0.25, -0.2) is 4.68 Å². The van der Waals surface area contributed by atoms with E-state index < -0.39 is 6.04 Å². The van der Waals surface area contributed by atoms with Crippen LogP contribution in [0.5, 0.6) is 0 Å². The van der Waals surface area contributed by atoms with E-state index >= 15 is 0 Å². The summed E-state index contributed by atoms with van der Waals surface area (Å²) in [6.07, 6.45) is 2.82. The number of carbonyl (C=O) groups excluding carboxylic acids is 2. The van der Waals surface area contributed by atoms with Crippen molar-refractivity contribution < 1.29 is 9.59 Å². The molecule has 1 N–H and O–H groups in total. The molecule has 1 aliphatic carbocycles. The largest absolute Gasteiger partial charge is 0.350 e. The maximum atomic E-state index is 13.5. The molecular weight excluding hydrogens is 384 g/mol. The number of thioether (sulfide) groups is 1. The molecule has 0 saturated carbocycles. The van der Waals surface area contributed by atoms with Crippen molar-refractivity contribution in [3.63, 3.8) is 0 Å². The van der Waals surface area contributed by atoms with Gasteiger partial charge in [0.05, 0.1) is 11.6 Å². The van der Waals surface area contributed by atoms with Crippen LogP contribution in [0.1, 0.15) is 54.5 Å². The highest BCUT2D eigenvalue weighted by atomic mass is 32.2. The molecule has 1 unspecified atom stereocenters. The molecule has 2 heterocycles. The van der Waals surface area contributed by atoms with Gasteiger partial charge in [-0.15, -0.1) is 11.8 Å². The highest BCUT2D eigenvalue weighted by Crippen LogP contribution is 2.31. The van der Waals surface area contributed by atoms with Gasteiger partial charge in [0, 0.05) is 22.5 Å². The fraction of sp³-hybridized carbons (Fsp3) is 0.500. The summed E-state index contributed by atoms with van der Waals surface area (Å²) in [7, 11) is 0. The number of aromatic nitrogens is 2. The van der Waals surface area contributed by atoms with Crippen LogP contribution in [-0.4, -0.2) is 49.7 Å². The molecule has 2 aliphatic rings. The van der Waals surface area contributed by atoms with Crippen molar-refractivity contribution in [3.8, 4) is 5.69 Å². The number of amides is 2. The third-order valence-corrected chi connectivity index (χ3v) is 6.43. The first-order valence-corrected chi connectivity index (χ1v) is 11.3. The number of rotatable bonds is 3. The average molecular weight is 413 g/mol. The molecule has 1 aromatic carbocycles. The number of aryl methyl sites for hydroxylation is 1. The molecule has 1 fully saturated rings. The minimum absolute atomic E-state index is 0.0918. The number of benzene rings is 1. The van der Waals surface area contributed by atoms with Gasteiger partial charge in [0.25, 0.3) is 5.91 Å². The van der Waals surface area contributed by atoms with Gasteiger partial charge < -0.3 is 10.2 Å². The van der Waals surface area contributed by atoms with Gasteiger partial charge in [0.2, 0.25) is 5.91 Å². The summed E-state index contributed by atoms with van der Waals surface area (Å²) < 4.78 is 1.94. The summed E-state index contributed by atoms with van der Waals surface area (Å²) in [5.74, 6) is 0.918. The third-order valence-electron chi connectivity index (χ3n) is 5.42. The number of fused-ring (bicyclic) bond motifs is 1. The van der Waals surface area contributed by atoms with E-state index in [1.807, 2.05) is 43.7 Å². The molecule has 1 saturated heterocycles. The Balaban J connectivity index is 1.67. The fourth-order valence-electron chi connectivity index (χ4n) is 4.06. The second kappa shape index (κ2) is 7.52. The Hall–Kier alpha value is -2.28. The van der Waals surface area contributed by atoms with Gasteiger partial charge >= 0.3 is 0 Å². The van der Waals surface area contributed by atoms with Crippen LogP contribution in [-0.2, 0) is 17.6 Å². The van der Waals surface area contributed by atoms with E-state index in [1.165, 1.54) is 0 Å². The third kappa shape index (κ3) is 3.80. The number of carbonyl (C=O) groups is 2. The molecule has 154 valence electrons. The Morgan fingerprint density at radius 2 is 1.97 bits per heavy atom. The Morgan fingerprint density at radius 3 is 2.69 bits per heavy atom. The van der Waals surface area contributed by atoms with E-state index in [9.17, 15) is 9.59 Å². The van der Waals surface area contributed by atoms with Gasteiger partial charge in [0.15, 0.2) is 5.69 Å². The van der Waals surface area contributed by atoms with Crippen LogP contribution < -0.4 is 5.32 Å². The summed E-state index contributed by atoms with van der Waals surface area (Å²) in [4.78, 5) is 27.9. The zero-order valence-electron chi connectivity index (χ0n) is 17.5. The quantitative estimate of drug-likeness (QED) is 0.841. The van der Waals surface area contributed by atoms with Crippen molar-refractivity contribution in [2.24, 2.45) is 0 Å². The monoisotopic (exact) mass is 412 g/mol. The van der Waals surface area contributed by atoms with Gasteiger partial charge in [0.1, 0.15) is 6.04 Å². The van der Waals surface area contributed by atoms with Gasteiger partial charge in [-0.1, -0.05) is 18.2 Å². The first kappa shape index (κ1) is 20.0. The van der Waals surface area contributed by atoms with Crippen molar-refractivity contribution in [1.29, 1.82) is 0 Å². The summed E-state index contributed by atoms with van der Waals surface area (Å²) in [6.45, 7) is 7.92. The molecule has 2 aromatic rings. The minimum atomic E-state index is -0.451. The lowest BCUT2D eigenvalue weighted by molar-refractivity contribution is -0.125. The molecule has 0 bridgehead atoms. The van der Waals surface area contributed by atoms with E-state index in [-0.39, 0.29) is 17.4 Å². The molecule has 4 rings (SSSR count). The van der Waals surface area contributed by atoms with Crippen LogP contribution in [0.4, 0.5) is 0 Å². The number of nitrogens with zero attached hydrogens (tertiary/aromatic N) is 3. The summed E-state index contributed by atoms with van der Waals surface area (Å²) in [5, 5.41) is 7.78. The lowest BCUT2D eigenvalue weighted by atomic mass is 10.1. The normalized spacial score (nSPS) is 18.8. The second-order valence-corrected chi connectivity index (χ2v) is 9.86. The van der Waals surface area contributed by atoms with Crippen molar-refractivity contribution >= 4 is 23.6 Å². The smallest absolute Gasteiger partial charge is 0.276 e. The molecule has 6 nitrogen and oxygen atoms in total. The van der Waals surface area contributed by atoms with Crippen LogP contribution in [0.15, 0.2) is 24.3 Å². The van der Waals surface area contributed by atoms with Crippen molar-refractivity contribution in [1.82, 2.24) is 20.0 Å². The Kier molecular flexibility index (Phi) is 5.19. The fourth-order valence-corrected chi connectivity index (χ4v) is 5.21. The van der Waals surface area contributed by atoms with Crippen molar-refractivity contribution in [2.75, 3.05) is 11.6 Å². The van der Waals surface area contributed by atoms with E-state index in [1.54, 1.807) is 16.7 Å². The molecule has 2 amide bonds. The maximum Gasteiger partial charge on any atom is 0.276 e. The Morgan fingerprint density at radius 1 is 1.21 bits per heavy atom. The first-order chi connectivity index (χ1) is 13.8. The van der Waals surface area contributed by atoms with E-state index in [4.69, 9.17) is 5.10 Å². The number of nitrogens with one attached hydrogen (secondary N) is 1. The van der Waals surface area contributed by atoms with Crippen LogP contribution >= 0.6 is 11.8 Å². The number of hydrogen-bond donors (Lipinski definition) is 1. The van der Waals surface area contributed by atoms with Gasteiger partial charge in [-0.3, -0.25) is 9.59 Å². The second-order valence-electron chi connectivity index (χ2n) is 8.86. The zero-order chi connectivity index (χ0) is 20.8. The summed E-state index contributed by atoms with van der Waals surface area (Å²) in [6, 6.07) is 7.66. The molecule has 7 heteroatoms. The molecular formula is C22H28N4O2S. The van der Waals surface area contributed by atoms with Gasteiger partial charge in [-0.05, 0) is 58.6 Å². The highest BCUT2D eigenvalue weighted by molar-refractivity contribution is 7.99. The maximum absolute atomic E-state index is 13.5. The van der Waals surface area contributed by atoms with Crippen molar-refractivity contribution in [2.45, 2.75) is 58.5 Å². The summed E-state index contributed by atoms with van der Waals surface area (Å²) in [5.41, 5.74) is 4.50. The minimum Gasteiger partial charge on any atom is -0.350 e.